The summed E-state index contributed by atoms with van der Waals surface area (Å²) in [6.07, 6.45) is 0. The zero-order valence-electron chi connectivity index (χ0n) is 12.6. The van der Waals surface area contributed by atoms with Crippen LogP contribution in [-0.4, -0.2) is 11.5 Å². The van der Waals surface area contributed by atoms with E-state index < -0.39 is 0 Å². The molecule has 4 nitrogen and oxygen atoms in total. The molecule has 0 bridgehead atoms. The maximum atomic E-state index is 5.94. The van der Waals surface area contributed by atoms with Crippen LogP contribution in [0.15, 0.2) is 59.6 Å². The normalized spacial score (nSPS) is 12.0. The van der Waals surface area contributed by atoms with E-state index in [2.05, 4.69) is 10.3 Å². The topological polar surface area (TPSA) is 59.6 Å². The lowest BCUT2D eigenvalue weighted by atomic mass is 10.1. The number of anilines is 1. The number of guanidine groups is 1. The number of hydrogen-bond acceptors (Lipinski definition) is 2. The average molecular weight is 283 g/mol. The minimum absolute atomic E-state index is 0.230. The monoisotopic (exact) mass is 283 g/mol. The minimum atomic E-state index is -0.230. The summed E-state index contributed by atoms with van der Waals surface area (Å²) in [5.74, 6) is 1.85. The maximum absolute atomic E-state index is 5.94. The van der Waals surface area contributed by atoms with Crippen LogP contribution in [0.4, 0.5) is 5.69 Å². The van der Waals surface area contributed by atoms with Gasteiger partial charge in [-0.05, 0) is 45.0 Å². The molecule has 0 saturated heterocycles. The van der Waals surface area contributed by atoms with Crippen LogP contribution in [0.25, 0.3) is 0 Å². The Balaban J connectivity index is 2.20. The van der Waals surface area contributed by atoms with E-state index >= 15 is 0 Å². The molecule has 0 spiro atoms. The van der Waals surface area contributed by atoms with Gasteiger partial charge in [-0.3, -0.25) is 0 Å². The number of aliphatic imine (C=N–C) groups is 1. The first kappa shape index (κ1) is 14.9. The van der Waals surface area contributed by atoms with Gasteiger partial charge >= 0.3 is 0 Å². The summed E-state index contributed by atoms with van der Waals surface area (Å²) in [6.45, 7) is 5.98. The van der Waals surface area contributed by atoms with Crippen LogP contribution < -0.4 is 15.8 Å². The predicted molar refractivity (Wildman–Crippen MR) is 88.0 cm³/mol. The Hall–Kier alpha value is -2.49. The van der Waals surface area contributed by atoms with E-state index in [1.54, 1.807) is 0 Å². The van der Waals surface area contributed by atoms with Crippen LogP contribution in [0.2, 0.25) is 0 Å². The molecule has 0 amide bonds. The van der Waals surface area contributed by atoms with Crippen LogP contribution in [-0.2, 0) is 0 Å². The largest absolute Gasteiger partial charge is 0.455 e. The van der Waals surface area contributed by atoms with Crippen LogP contribution in [0.5, 0.6) is 11.5 Å². The first-order valence-corrected chi connectivity index (χ1v) is 6.88. The fourth-order valence-corrected chi connectivity index (χ4v) is 1.80. The lowest BCUT2D eigenvalue weighted by Gasteiger charge is -2.16. The number of nitrogens with zero attached hydrogens (tertiary/aromatic N) is 1. The molecule has 0 aliphatic carbocycles. The van der Waals surface area contributed by atoms with E-state index in [9.17, 15) is 0 Å². The zero-order chi connectivity index (χ0) is 15.3. The second-order valence-corrected chi connectivity index (χ2v) is 5.70. The number of para-hydroxylation sites is 3. The van der Waals surface area contributed by atoms with Crippen molar-refractivity contribution < 1.29 is 4.74 Å². The van der Waals surface area contributed by atoms with Crippen LogP contribution in [0.1, 0.15) is 20.8 Å². The van der Waals surface area contributed by atoms with Crippen LogP contribution >= 0.6 is 0 Å². The van der Waals surface area contributed by atoms with Crippen molar-refractivity contribution in [2.24, 2.45) is 10.7 Å². The average Bonchev–Trinajstić information content (AvgIpc) is 2.40. The summed E-state index contributed by atoms with van der Waals surface area (Å²) in [7, 11) is 0. The number of nitrogens with one attached hydrogen (secondary N) is 1. The van der Waals surface area contributed by atoms with Crippen LogP contribution in [0, 0.1) is 0 Å². The maximum Gasteiger partial charge on any atom is 0.193 e. The smallest absolute Gasteiger partial charge is 0.193 e. The SMILES string of the molecule is CC(C)(C)N=C(N)Nc1ccccc1Oc1ccccc1. The molecule has 110 valence electrons. The van der Waals surface area contributed by atoms with Gasteiger partial charge in [-0.15, -0.1) is 0 Å². The van der Waals surface area contributed by atoms with Gasteiger partial charge in [-0.2, -0.15) is 0 Å². The van der Waals surface area contributed by atoms with Crippen molar-refractivity contribution in [3.8, 4) is 11.5 Å². The summed E-state index contributed by atoms with van der Waals surface area (Å²) in [5, 5.41) is 3.09. The van der Waals surface area contributed by atoms with Gasteiger partial charge in [0.15, 0.2) is 11.7 Å². The summed E-state index contributed by atoms with van der Waals surface area (Å²) in [4.78, 5) is 4.38. The number of nitrogens with two attached hydrogens (primary N) is 1. The quantitative estimate of drug-likeness (QED) is 0.661. The Bertz CT molecular complexity index is 615. The number of benzene rings is 2. The van der Waals surface area contributed by atoms with Gasteiger partial charge in [0.2, 0.25) is 0 Å². The first-order chi connectivity index (χ1) is 9.94. The molecule has 0 unspecified atom stereocenters. The van der Waals surface area contributed by atoms with Crippen molar-refractivity contribution in [3.63, 3.8) is 0 Å². The van der Waals surface area contributed by atoms with Gasteiger partial charge < -0.3 is 15.8 Å². The Morgan fingerprint density at radius 1 is 1.00 bits per heavy atom. The Morgan fingerprint density at radius 3 is 2.29 bits per heavy atom. The molecule has 21 heavy (non-hydrogen) atoms. The fraction of sp³-hybridized carbons (Fsp3) is 0.235. The predicted octanol–water partition coefficient (Wildman–Crippen LogP) is 4.00. The molecule has 0 aliphatic heterocycles. The standard InChI is InChI=1S/C17H21N3O/c1-17(2,3)20-16(18)19-14-11-7-8-12-15(14)21-13-9-5-4-6-10-13/h4-12H,1-3H3,(H3,18,19,20). The molecule has 0 atom stereocenters. The Morgan fingerprint density at radius 2 is 1.62 bits per heavy atom. The molecule has 0 aliphatic rings. The highest BCUT2D eigenvalue weighted by molar-refractivity contribution is 5.94. The summed E-state index contributed by atoms with van der Waals surface area (Å²) in [6, 6.07) is 17.3. The fourth-order valence-electron chi connectivity index (χ4n) is 1.80. The summed E-state index contributed by atoms with van der Waals surface area (Å²) >= 11 is 0. The molecule has 2 aromatic carbocycles. The van der Waals surface area contributed by atoms with E-state index in [0.29, 0.717) is 11.7 Å². The molecule has 0 heterocycles. The zero-order valence-corrected chi connectivity index (χ0v) is 12.6. The van der Waals surface area contributed by atoms with Crippen molar-refractivity contribution in [2.45, 2.75) is 26.3 Å². The highest BCUT2D eigenvalue weighted by Gasteiger charge is 2.10. The van der Waals surface area contributed by atoms with Crippen molar-refractivity contribution >= 4 is 11.6 Å². The summed E-state index contributed by atoms with van der Waals surface area (Å²) in [5.41, 5.74) is 6.49. The lowest BCUT2D eigenvalue weighted by Crippen LogP contribution is -2.27. The molecule has 2 aromatic rings. The molecular weight excluding hydrogens is 262 g/mol. The van der Waals surface area contributed by atoms with Gasteiger partial charge in [0.05, 0.1) is 11.2 Å². The third-order valence-corrected chi connectivity index (χ3v) is 2.58. The highest BCUT2D eigenvalue weighted by atomic mass is 16.5. The molecular formula is C17H21N3O. The van der Waals surface area contributed by atoms with Crippen molar-refractivity contribution in [1.29, 1.82) is 0 Å². The van der Waals surface area contributed by atoms with Crippen molar-refractivity contribution in [1.82, 2.24) is 0 Å². The van der Waals surface area contributed by atoms with Gasteiger partial charge in [-0.25, -0.2) is 4.99 Å². The third kappa shape index (κ3) is 4.84. The van der Waals surface area contributed by atoms with Crippen molar-refractivity contribution in [3.05, 3.63) is 54.6 Å². The molecule has 3 N–H and O–H groups in total. The van der Waals surface area contributed by atoms with Crippen molar-refractivity contribution in [2.75, 3.05) is 5.32 Å². The molecule has 0 fully saturated rings. The molecule has 0 saturated carbocycles. The minimum Gasteiger partial charge on any atom is -0.455 e. The molecule has 0 radical (unpaired) electrons. The van der Waals surface area contributed by atoms with E-state index in [0.717, 1.165) is 11.4 Å². The van der Waals surface area contributed by atoms with E-state index in [1.165, 1.54) is 0 Å². The van der Waals surface area contributed by atoms with Gasteiger partial charge in [0, 0.05) is 0 Å². The Kier molecular flexibility index (Phi) is 4.48. The molecule has 2 rings (SSSR count). The third-order valence-electron chi connectivity index (χ3n) is 2.58. The highest BCUT2D eigenvalue weighted by Crippen LogP contribution is 2.28. The summed E-state index contributed by atoms with van der Waals surface area (Å²) < 4.78 is 5.87. The van der Waals surface area contributed by atoms with Gasteiger partial charge in [-0.1, -0.05) is 30.3 Å². The second-order valence-electron chi connectivity index (χ2n) is 5.70. The molecule has 4 heteroatoms. The van der Waals surface area contributed by atoms with E-state index in [4.69, 9.17) is 10.5 Å². The number of hydrogen-bond donors (Lipinski definition) is 2. The molecule has 0 aromatic heterocycles. The second kappa shape index (κ2) is 6.31. The van der Waals surface area contributed by atoms with Crippen LogP contribution in [0.3, 0.4) is 0 Å². The number of rotatable bonds is 3. The first-order valence-electron chi connectivity index (χ1n) is 6.88. The van der Waals surface area contributed by atoms with E-state index in [-0.39, 0.29) is 5.54 Å². The van der Waals surface area contributed by atoms with Gasteiger partial charge in [0.25, 0.3) is 0 Å². The van der Waals surface area contributed by atoms with E-state index in [1.807, 2.05) is 75.4 Å². The lowest BCUT2D eigenvalue weighted by molar-refractivity contribution is 0.485. The Labute approximate surface area is 125 Å². The van der Waals surface area contributed by atoms with Gasteiger partial charge in [0.1, 0.15) is 5.75 Å². The number of ether oxygens (including phenoxy) is 1.